The third-order valence-corrected chi connectivity index (χ3v) is 5.50. The van der Waals surface area contributed by atoms with Gasteiger partial charge in [-0.2, -0.15) is 13.2 Å². The summed E-state index contributed by atoms with van der Waals surface area (Å²) >= 11 is 0. The van der Waals surface area contributed by atoms with Gasteiger partial charge in [0.15, 0.2) is 0 Å². The highest BCUT2D eigenvalue weighted by Crippen LogP contribution is 2.29. The Kier molecular flexibility index (Phi) is 8.51. The number of hydrogen-bond acceptors (Lipinski definition) is 5. The first-order valence-electron chi connectivity index (χ1n) is 10.7. The van der Waals surface area contributed by atoms with Crippen molar-refractivity contribution in [2.75, 3.05) is 53.6 Å². The Balaban J connectivity index is 1.68. The summed E-state index contributed by atoms with van der Waals surface area (Å²) in [5, 5.41) is 0. The standard InChI is InChI=1S/C24H27F3N2O5/c1-32-13-11-28(22(30)17-3-7-19(8-4-17)24(25,26)27)15-21-16-29(12-14-34-21)23(31)18-5-9-20(33-2)10-6-18/h3-10,21H,11-16H2,1-2H3. The van der Waals surface area contributed by atoms with Crippen LogP contribution in [0.15, 0.2) is 48.5 Å². The number of rotatable bonds is 8. The summed E-state index contributed by atoms with van der Waals surface area (Å²) in [7, 11) is 3.04. The number of hydrogen-bond donors (Lipinski definition) is 0. The zero-order chi connectivity index (χ0) is 24.7. The second-order valence-electron chi connectivity index (χ2n) is 7.79. The van der Waals surface area contributed by atoms with Gasteiger partial charge >= 0.3 is 6.18 Å². The zero-order valence-corrected chi connectivity index (χ0v) is 19.0. The molecule has 0 radical (unpaired) electrons. The third-order valence-electron chi connectivity index (χ3n) is 5.50. The molecule has 3 rings (SSSR count). The van der Waals surface area contributed by atoms with E-state index in [-0.39, 0.29) is 37.7 Å². The van der Waals surface area contributed by atoms with Crippen molar-refractivity contribution in [1.82, 2.24) is 9.80 Å². The molecule has 1 fully saturated rings. The fourth-order valence-corrected chi connectivity index (χ4v) is 3.64. The molecule has 0 bridgehead atoms. The van der Waals surface area contributed by atoms with Crippen molar-refractivity contribution in [3.05, 3.63) is 65.2 Å². The van der Waals surface area contributed by atoms with Crippen LogP contribution < -0.4 is 4.74 Å². The lowest BCUT2D eigenvalue weighted by molar-refractivity contribution is -0.137. The van der Waals surface area contributed by atoms with Crippen molar-refractivity contribution in [3.63, 3.8) is 0 Å². The number of methoxy groups -OCH3 is 2. The monoisotopic (exact) mass is 480 g/mol. The van der Waals surface area contributed by atoms with E-state index in [1.807, 2.05) is 0 Å². The van der Waals surface area contributed by atoms with Gasteiger partial charge in [-0.1, -0.05) is 0 Å². The largest absolute Gasteiger partial charge is 0.497 e. The molecule has 7 nitrogen and oxygen atoms in total. The predicted octanol–water partition coefficient (Wildman–Crippen LogP) is 3.34. The van der Waals surface area contributed by atoms with Gasteiger partial charge in [0.2, 0.25) is 0 Å². The molecule has 0 aliphatic carbocycles. The molecule has 1 saturated heterocycles. The number of carbonyl (C=O) groups excluding carboxylic acids is 2. The number of amides is 2. The molecule has 2 aromatic rings. The van der Waals surface area contributed by atoms with Crippen molar-refractivity contribution in [3.8, 4) is 5.75 Å². The Morgan fingerprint density at radius 2 is 1.71 bits per heavy atom. The van der Waals surface area contributed by atoms with E-state index in [1.165, 1.54) is 12.0 Å². The molecule has 0 aromatic heterocycles. The Morgan fingerprint density at radius 1 is 1.06 bits per heavy atom. The van der Waals surface area contributed by atoms with Crippen molar-refractivity contribution >= 4 is 11.8 Å². The fraction of sp³-hybridized carbons (Fsp3) is 0.417. The summed E-state index contributed by atoms with van der Waals surface area (Å²) in [6.07, 6.45) is -4.93. The number of morpholine rings is 1. The molecule has 1 atom stereocenters. The van der Waals surface area contributed by atoms with E-state index in [1.54, 1.807) is 36.3 Å². The van der Waals surface area contributed by atoms with Gasteiger partial charge in [0, 0.05) is 44.4 Å². The Bertz CT molecular complexity index is 964. The highest BCUT2D eigenvalue weighted by molar-refractivity contribution is 5.95. The first-order chi connectivity index (χ1) is 16.2. The van der Waals surface area contributed by atoms with Crippen LogP contribution in [0.4, 0.5) is 13.2 Å². The maximum Gasteiger partial charge on any atom is 0.416 e. The summed E-state index contributed by atoms with van der Waals surface area (Å²) in [5.74, 6) is 0.0495. The van der Waals surface area contributed by atoms with Gasteiger partial charge in [-0.25, -0.2) is 0 Å². The van der Waals surface area contributed by atoms with E-state index in [2.05, 4.69) is 0 Å². The smallest absolute Gasteiger partial charge is 0.416 e. The molecule has 1 unspecified atom stereocenters. The van der Waals surface area contributed by atoms with Crippen molar-refractivity contribution < 1.29 is 37.0 Å². The lowest BCUT2D eigenvalue weighted by Gasteiger charge is -2.36. The van der Waals surface area contributed by atoms with E-state index in [9.17, 15) is 22.8 Å². The minimum absolute atomic E-state index is 0.131. The molecule has 2 aromatic carbocycles. The quantitative estimate of drug-likeness (QED) is 0.580. The van der Waals surface area contributed by atoms with Gasteiger partial charge in [-0.05, 0) is 48.5 Å². The van der Waals surface area contributed by atoms with Gasteiger partial charge in [-0.15, -0.1) is 0 Å². The second-order valence-corrected chi connectivity index (χ2v) is 7.79. The van der Waals surface area contributed by atoms with Gasteiger partial charge in [0.05, 0.1) is 32.0 Å². The molecule has 0 saturated carbocycles. The van der Waals surface area contributed by atoms with E-state index in [0.717, 1.165) is 24.3 Å². The number of benzene rings is 2. The van der Waals surface area contributed by atoms with Crippen LogP contribution in [0, 0.1) is 0 Å². The Morgan fingerprint density at radius 3 is 2.29 bits per heavy atom. The number of carbonyl (C=O) groups is 2. The molecular weight excluding hydrogens is 453 g/mol. The van der Waals surface area contributed by atoms with Crippen molar-refractivity contribution in [1.29, 1.82) is 0 Å². The van der Waals surface area contributed by atoms with Crippen LogP contribution in [-0.4, -0.2) is 81.3 Å². The zero-order valence-electron chi connectivity index (χ0n) is 19.0. The lowest BCUT2D eigenvalue weighted by atomic mass is 10.1. The predicted molar refractivity (Wildman–Crippen MR) is 118 cm³/mol. The van der Waals surface area contributed by atoms with Crippen LogP contribution in [-0.2, 0) is 15.7 Å². The molecule has 184 valence electrons. The number of nitrogens with zero attached hydrogens (tertiary/aromatic N) is 2. The normalized spacial score (nSPS) is 16.3. The van der Waals surface area contributed by atoms with E-state index < -0.39 is 23.8 Å². The Labute approximate surface area is 196 Å². The molecule has 1 aliphatic heterocycles. The lowest BCUT2D eigenvalue weighted by Crippen LogP contribution is -2.51. The van der Waals surface area contributed by atoms with Gasteiger partial charge in [0.1, 0.15) is 5.75 Å². The number of halogens is 3. The average Bonchev–Trinajstić information content (AvgIpc) is 2.85. The minimum Gasteiger partial charge on any atom is -0.497 e. The Hall–Kier alpha value is -3.11. The number of ether oxygens (including phenoxy) is 3. The summed E-state index contributed by atoms with van der Waals surface area (Å²) in [4.78, 5) is 29.1. The highest BCUT2D eigenvalue weighted by Gasteiger charge is 2.31. The molecular formula is C24H27F3N2O5. The molecule has 0 N–H and O–H groups in total. The fourth-order valence-electron chi connectivity index (χ4n) is 3.64. The average molecular weight is 480 g/mol. The van der Waals surface area contributed by atoms with Crippen molar-refractivity contribution in [2.24, 2.45) is 0 Å². The molecule has 10 heteroatoms. The van der Waals surface area contributed by atoms with Crippen LogP contribution in [0.5, 0.6) is 5.75 Å². The highest BCUT2D eigenvalue weighted by atomic mass is 19.4. The third kappa shape index (κ3) is 6.48. The minimum atomic E-state index is -4.48. The van der Waals surface area contributed by atoms with Gasteiger partial charge in [0.25, 0.3) is 11.8 Å². The van der Waals surface area contributed by atoms with E-state index >= 15 is 0 Å². The topological polar surface area (TPSA) is 68.3 Å². The second kappa shape index (κ2) is 11.3. The van der Waals surface area contributed by atoms with Crippen molar-refractivity contribution in [2.45, 2.75) is 12.3 Å². The number of alkyl halides is 3. The molecule has 2 amide bonds. The van der Waals surface area contributed by atoms with Crippen LogP contribution in [0.2, 0.25) is 0 Å². The van der Waals surface area contributed by atoms with Crippen LogP contribution in [0.1, 0.15) is 26.3 Å². The molecule has 1 aliphatic rings. The summed E-state index contributed by atoms with van der Waals surface area (Å²) < 4.78 is 54.6. The van der Waals surface area contributed by atoms with Gasteiger partial charge < -0.3 is 24.0 Å². The van der Waals surface area contributed by atoms with E-state index in [4.69, 9.17) is 14.2 Å². The van der Waals surface area contributed by atoms with Crippen LogP contribution in [0.25, 0.3) is 0 Å². The van der Waals surface area contributed by atoms with E-state index in [0.29, 0.717) is 24.5 Å². The van der Waals surface area contributed by atoms with Crippen LogP contribution >= 0.6 is 0 Å². The molecule has 34 heavy (non-hydrogen) atoms. The van der Waals surface area contributed by atoms with Crippen LogP contribution in [0.3, 0.4) is 0 Å². The summed E-state index contributed by atoms with van der Waals surface area (Å²) in [6.45, 7) is 1.62. The SMILES string of the molecule is COCCN(CC1CN(C(=O)c2ccc(OC)cc2)CCO1)C(=O)c1ccc(C(F)(F)F)cc1. The maximum absolute atomic E-state index is 13.0. The summed E-state index contributed by atoms with van der Waals surface area (Å²) in [6, 6.07) is 10.9. The first-order valence-corrected chi connectivity index (χ1v) is 10.7. The molecule has 1 heterocycles. The summed E-state index contributed by atoms with van der Waals surface area (Å²) in [5.41, 5.74) is -0.180. The van der Waals surface area contributed by atoms with Gasteiger partial charge in [-0.3, -0.25) is 9.59 Å². The first kappa shape index (κ1) is 25.5. The maximum atomic E-state index is 13.0. The molecule has 0 spiro atoms.